The number of carbonyl (C=O) groups is 2. The number of nitrogens with one attached hydrogen (secondary N) is 2. The van der Waals surface area contributed by atoms with E-state index in [0.717, 1.165) is 19.4 Å². The van der Waals surface area contributed by atoms with Gasteiger partial charge in [0, 0.05) is 0 Å². The number of carbonyl (C=O) groups excluding carboxylic acids is 2. The van der Waals surface area contributed by atoms with Crippen molar-refractivity contribution in [2.75, 3.05) is 20.3 Å². The van der Waals surface area contributed by atoms with E-state index >= 15 is 0 Å². The number of amides is 1. The lowest BCUT2D eigenvalue weighted by atomic mass is 10.2. The number of hydrogen-bond acceptors (Lipinski definition) is 5. The Hall–Kier alpha value is -1.14. The lowest BCUT2D eigenvalue weighted by Gasteiger charge is -2.16. The molecule has 1 fully saturated rings. The van der Waals surface area contributed by atoms with E-state index in [1.807, 2.05) is 0 Å². The van der Waals surface area contributed by atoms with Crippen molar-refractivity contribution in [1.82, 2.24) is 10.6 Å². The van der Waals surface area contributed by atoms with Crippen LogP contribution in [0.5, 0.6) is 0 Å². The van der Waals surface area contributed by atoms with Gasteiger partial charge in [0.05, 0.1) is 19.8 Å². The summed E-state index contributed by atoms with van der Waals surface area (Å²) in [4.78, 5) is 22.6. The Morgan fingerprint density at radius 2 is 2.40 bits per heavy atom. The van der Waals surface area contributed by atoms with Crippen molar-refractivity contribution in [3.8, 4) is 0 Å². The first-order chi connectivity index (χ1) is 7.19. The van der Waals surface area contributed by atoms with Crippen LogP contribution in [-0.2, 0) is 14.3 Å². The molecule has 0 saturated carbocycles. The van der Waals surface area contributed by atoms with Crippen LogP contribution in [0.3, 0.4) is 0 Å². The maximum absolute atomic E-state index is 11.5. The molecule has 0 radical (unpaired) electrons. The summed E-state index contributed by atoms with van der Waals surface area (Å²) in [7, 11) is 1.21. The van der Waals surface area contributed by atoms with Gasteiger partial charge in [-0.3, -0.25) is 4.79 Å². The van der Waals surface area contributed by atoms with Gasteiger partial charge in [-0.2, -0.15) is 0 Å². The SMILES string of the molecule is COC(=O)C(CO)NC(=O)[C@@H]1CCCN1. The summed E-state index contributed by atoms with van der Waals surface area (Å²) in [6.07, 6.45) is 1.70. The van der Waals surface area contributed by atoms with Gasteiger partial charge in [0.25, 0.3) is 0 Å². The zero-order valence-corrected chi connectivity index (χ0v) is 8.66. The fourth-order valence-corrected chi connectivity index (χ4v) is 1.50. The quantitative estimate of drug-likeness (QED) is 0.492. The monoisotopic (exact) mass is 216 g/mol. The van der Waals surface area contributed by atoms with Crippen molar-refractivity contribution in [1.29, 1.82) is 0 Å². The first-order valence-corrected chi connectivity index (χ1v) is 4.91. The Labute approximate surface area is 88.0 Å². The molecule has 6 nitrogen and oxygen atoms in total. The summed E-state index contributed by atoms with van der Waals surface area (Å²) in [6, 6.07) is -1.23. The molecule has 1 saturated heterocycles. The van der Waals surface area contributed by atoms with E-state index in [2.05, 4.69) is 15.4 Å². The van der Waals surface area contributed by atoms with Crippen LogP contribution in [0, 0.1) is 0 Å². The first kappa shape index (κ1) is 11.9. The van der Waals surface area contributed by atoms with Gasteiger partial charge in [0.15, 0.2) is 6.04 Å². The summed E-state index contributed by atoms with van der Waals surface area (Å²) in [5.41, 5.74) is 0. The fraction of sp³-hybridized carbons (Fsp3) is 0.778. The third kappa shape index (κ3) is 3.17. The van der Waals surface area contributed by atoms with Gasteiger partial charge in [-0.05, 0) is 19.4 Å². The van der Waals surface area contributed by atoms with Gasteiger partial charge in [0.1, 0.15) is 0 Å². The highest BCUT2D eigenvalue weighted by Gasteiger charge is 2.27. The van der Waals surface area contributed by atoms with Crippen LogP contribution < -0.4 is 10.6 Å². The molecule has 1 aliphatic heterocycles. The lowest BCUT2D eigenvalue weighted by Crippen LogP contribution is -2.50. The predicted octanol–water partition coefficient (Wildman–Crippen LogP) is -1.61. The molecule has 3 N–H and O–H groups in total. The van der Waals surface area contributed by atoms with E-state index in [9.17, 15) is 9.59 Å². The van der Waals surface area contributed by atoms with Crippen molar-refractivity contribution in [3.05, 3.63) is 0 Å². The standard InChI is InChI=1S/C9H16N2O4/c1-15-9(14)7(5-12)11-8(13)6-3-2-4-10-6/h6-7,10,12H,2-5H2,1H3,(H,11,13)/t6-,7?/m0/s1. The van der Waals surface area contributed by atoms with Gasteiger partial charge in [-0.1, -0.05) is 0 Å². The van der Waals surface area contributed by atoms with E-state index in [-0.39, 0.29) is 11.9 Å². The molecule has 6 heteroatoms. The maximum Gasteiger partial charge on any atom is 0.330 e. The number of ether oxygens (including phenoxy) is 1. The molecule has 0 aromatic carbocycles. The Morgan fingerprint density at radius 1 is 1.67 bits per heavy atom. The normalized spacial score (nSPS) is 22.1. The highest BCUT2D eigenvalue weighted by atomic mass is 16.5. The number of rotatable bonds is 4. The smallest absolute Gasteiger partial charge is 0.330 e. The molecule has 1 unspecified atom stereocenters. The van der Waals surface area contributed by atoms with Gasteiger partial charge in [-0.25, -0.2) is 4.79 Å². The Balaban J connectivity index is 2.43. The fourth-order valence-electron chi connectivity index (χ4n) is 1.50. The minimum atomic E-state index is -0.968. The van der Waals surface area contributed by atoms with Crippen LogP contribution in [0.4, 0.5) is 0 Å². The molecular formula is C9H16N2O4. The molecule has 0 bridgehead atoms. The average molecular weight is 216 g/mol. The molecule has 15 heavy (non-hydrogen) atoms. The largest absolute Gasteiger partial charge is 0.467 e. The van der Waals surface area contributed by atoms with Crippen molar-refractivity contribution in [2.45, 2.75) is 24.9 Å². The molecule has 1 amide bonds. The summed E-state index contributed by atoms with van der Waals surface area (Å²) in [6.45, 7) is 0.352. The molecule has 1 heterocycles. The van der Waals surface area contributed by atoms with Crippen molar-refractivity contribution >= 4 is 11.9 Å². The lowest BCUT2D eigenvalue weighted by molar-refractivity contribution is -0.146. The number of hydrogen-bond donors (Lipinski definition) is 3. The Morgan fingerprint density at radius 3 is 2.87 bits per heavy atom. The minimum absolute atomic E-state index is 0.260. The molecule has 1 aliphatic rings. The van der Waals surface area contributed by atoms with Crippen molar-refractivity contribution < 1.29 is 19.4 Å². The van der Waals surface area contributed by atoms with E-state index in [0.29, 0.717) is 0 Å². The third-order valence-electron chi connectivity index (χ3n) is 2.36. The predicted molar refractivity (Wildman–Crippen MR) is 52.1 cm³/mol. The van der Waals surface area contributed by atoms with Crippen LogP contribution in [-0.4, -0.2) is 49.3 Å². The summed E-state index contributed by atoms with van der Waals surface area (Å²) < 4.78 is 4.43. The second-order valence-electron chi connectivity index (χ2n) is 3.42. The average Bonchev–Trinajstić information content (AvgIpc) is 2.77. The number of aliphatic hydroxyl groups excluding tert-OH is 1. The third-order valence-corrected chi connectivity index (χ3v) is 2.36. The maximum atomic E-state index is 11.5. The highest BCUT2D eigenvalue weighted by molar-refractivity contribution is 5.87. The number of esters is 1. The molecule has 86 valence electrons. The Bertz CT molecular complexity index is 238. The zero-order chi connectivity index (χ0) is 11.3. The molecule has 0 aromatic rings. The molecule has 2 atom stereocenters. The van der Waals surface area contributed by atoms with Crippen molar-refractivity contribution in [3.63, 3.8) is 0 Å². The van der Waals surface area contributed by atoms with E-state index in [4.69, 9.17) is 5.11 Å². The van der Waals surface area contributed by atoms with Gasteiger partial charge >= 0.3 is 5.97 Å². The van der Waals surface area contributed by atoms with Gasteiger partial charge in [0.2, 0.25) is 5.91 Å². The van der Waals surface area contributed by atoms with E-state index < -0.39 is 18.6 Å². The topological polar surface area (TPSA) is 87.7 Å². The van der Waals surface area contributed by atoms with Crippen LogP contribution in [0.25, 0.3) is 0 Å². The number of aliphatic hydroxyl groups is 1. The number of methoxy groups -OCH3 is 1. The molecule has 0 spiro atoms. The molecule has 0 aliphatic carbocycles. The van der Waals surface area contributed by atoms with Crippen molar-refractivity contribution in [2.24, 2.45) is 0 Å². The van der Waals surface area contributed by atoms with E-state index in [1.165, 1.54) is 7.11 Å². The Kier molecular flexibility index (Phi) is 4.51. The molecule has 1 rings (SSSR count). The summed E-state index contributed by atoms with van der Waals surface area (Å²) in [5, 5.41) is 14.3. The zero-order valence-electron chi connectivity index (χ0n) is 8.66. The summed E-state index contributed by atoms with van der Waals surface area (Å²) in [5.74, 6) is -0.902. The second kappa shape index (κ2) is 5.67. The molecule has 0 aromatic heterocycles. The molecular weight excluding hydrogens is 200 g/mol. The van der Waals surface area contributed by atoms with Crippen LogP contribution >= 0.6 is 0 Å². The minimum Gasteiger partial charge on any atom is -0.467 e. The summed E-state index contributed by atoms with van der Waals surface area (Å²) >= 11 is 0. The van der Waals surface area contributed by atoms with Crippen LogP contribution in [0.15, 0.2) is 0 Å². The van der Waals surface area contributed by atoms with Crippen LogP contribution in [0.1, 0.15) is 12.8 Å². The van der Waals surface area contributed by atoms with Crippen LogP contribution in [0.2, 0.25) is 0 Å². The highest BCUT2D eigenvalue weighted by Crippen LogP contribution is 2.05. The van der Waals surface area contributed by atoms with Gasteiger partial charge in [-0.15, -0.1) is 0 Å². The van der Waals surface area contributed by atoms with E-state index in [1.54, 1.807) is 0 Å². The first-order valence-electron chi connectivity index (χ1n) is 4.91. The van der Waals surface area contributed by atoms with Gasteiger partial charge < -0.3 is 20.5 Å². The second-order valence-corrected chi connectivity index (χ2v) is 3.42.